The Morgan fingerprint density at radius 1 is 0.459 bits per heavy atom. The molecule has 0 spiro atoms. The zero-order valence-electron chi connectivity index (χ0n) is 33.2. The molecule has 6 nitrogen and oxygen atoms in total. The van der Waals surface area contributed by atoms with Crippen molar-refractivity contribution in [3.05, 3.63) is 193 Å². The highest BCUT2D eigenvalue weighted by atomic mass is 19.3. The number of alkyl halides is 2. The van der Waals surface area contributed by atoms with Gasteiger partial charge in [0.05, 0.1) is 33.8 Å². The van der Waals surface area contributed by atoms with Gasteiger partial charge >= 0.3 is 0 Å². The fraction of sp³-hybridized carbons (Fsp3) is 0.0943. The number of rotatable bonds is 6. The molecule has 12 rings (SSSR count). The summed E-state index contributed by atoms with van der Waals surface area (Å²) in [4.78, 5) is 6.75. The Balaban J connectivity index is 0.979. The lowest BCUT2D eigenvalue weighted by Gasteiger charge is -2.41. The molecule has 61 heavy (non-hydrogen) atoms. The van der Waals surface area contributed by atoms with E-state index >= 15 is 0 Å². The second-order valence-electron chi connectivity index (χ2n) is 16.1. The summed E-state index contributed by atoms with van der Waals surface area (Å²) in [6.45, 7) is 2.51. The van der Waals surface area contributed by atoms with Crippen molar-refractivity contribution in [2.24, 2.45) is 0 Å². The molecular formula is C53H38F2N4O2. The molecule has 1 fully saturated rings. The number of ether oxygens (including phenoxy) is 2. The van der Waals surface area contributed by atoms with Gasteiger partial charge in [-0.2, -0.15) is 0 Å². The van der Waals surface area contributed by atoms with Crippen molar-refractivity contribution in [1.82, 2.24) is 4.57 Å². The number of hydrogen-bond acceptors (Lipinski definition) is 5. The Kier molecular flexibility index (Phi) is 7.81. The van der Waals surface area contributed by atoms with Crippen LogP contribution in [0.3, 0.4) is 0 Å². The van der Waals surface area contributed by atoms with E-state index in [-0.39, 0.29) is 5.56 Å². The van der Waals surface area contributed by atoms with Crippen LogP contribution in [0, 0.1) is 0 Å². The summed E-state index contributed by atoms with van der Waals surface area (Å²) in [6.07, 6.45) is 0. The van der Waals surface area contributed by atoms with E-state index in [0.29, 0.717) is 5.92 Å². The van der Waals surface area contributed by atoms with E-state index in [4.69, 9.17) is 9.47 Å². The van der Waals surface area contributed by atoms with Crippen molar-refractivity contribution < 1.29 is 18.3 Å². The Labute approximate surface area is 351 Å². The highest BCUT2D eigenvalue weighted by Gasteiger charge is 2.32. The van der Waals surface area contributed by atoms with E-state index in [0.717, 1.165) is 110 Å². The molecule has 8 heteroatoms. The fourth-order valence-electron chi connectivity index (χ4n) is 9.29. The molecule has 0 unspecified atom stereocenters. The first-order chi connectivity index (χ1) is 29.9. The van der Waals surface area contributed by atoms with Gasteiger partial charge in [0, 0.05) is 65.0 Å². The number of fused-ring (bicyclic) bond motifs is 7. The number of benzene rings is 8. The van der Waals surface area contributed by atoms with E-state index in [2.05, 4.69) is 104 Å². The van der Waals surface area contributed by atoms with Crippen molar-refractivity contribution in [2.75, 3.05) is 27.8 Å². The van der Waals surface area contributed by atoms with Crippen LogP contribution in [0.25, 0.3) is 27.5 Å². The Morgan fingerprint density at radius 3 is 1.36 bits per heavy atom. The number of para-hydroxylation sites is 8. The van der Waals surface area contributed by atoms with E-state index in [1.807, 2.05) is 78.9 Å². The predicted molar refractivity (Wildman–Crippen MR) is 241 cm³/mol. The minimum Gasteiger partial charge on any atom is -0.453 e. The smallest absolute Gasteiger partial charge is 0.270 e. The van der Waals surface area contributed by atoms with Gasteiger partial charge in [-0.25, -0.2) is 8.78 Å². The maximum absolute atomic E-state index is 14.1. The van der Waals surface area contributed by atoms with Crippen LogP contribution in [0.1, 0.15) is 24.0 Å². The summed E-state index contributed by atoms with van der Waals surface area (Å²) in [5.41, 5.74) is 11.3. The normalized spacial score (nSPS) is 14.4. The van der Waals surface area contributed by atoms with Crippen LogP contribution < -0.4 is 24.2 Å². The van der Waals surface area contributed by atoms with Crippen LogP contribution in [0.2, 0.25) is 0 Å². The van der Waals surface area contributed by atoms with Crippen LogP contribution in [0.15, 0.2) is 182 Å². The third kappa shape index (κ3) is 5.74. The molecule has 0 bridgehead atoms. The molecule has 4 heterocycles. The second-order valence-corrected chi connectivity index (χ2v) is 16.1. The lowest BCUT2D eigenvalue weighted by molar-refractivity contribution is 0.0175. The van der Waals surface area contributed by atoms with Gasteiger partial charge in [0.1, 0.15) is 0 Å². The molecular weight excluding hydrogens is 763 g/mol. The molecule has 1 saturated heterocycles. The largest absolute Gasteiger partial charge is 0.453 e. The monoisotopic (exact) mass is 800 g/mol. The summed E-state index contributed by atoms with van der Waals surface area (Å²) < 4.78 is 43.3. The molecule has 296 valence electrons. The first-order valence-electron chi connectivity index (χ1n) is 20.6. The average Bonchev–Trinajstić information content (AvgIpc) is 3.60. The number of nitrogens with zero attached hydrogens (tertiary/aromatic N) is 4. The van der Waals surface area contributed by atoms with Gasteiger partial charge in [-0.1, -0.05) is 72.8 Å². The van der Waals surface area contributed by atoms with E-state index in [1.165, 1.54) is 11.6 Å². The first kappa shape index (κ1) is 35.4. The van der Waals surface area contributed by atoms with Crippen molar-refractivity contribution in [3.8, 4) is 28.7 Å². The summed E-state index contributed by atoms with van der Waals surface area (Å²) in [5, 5.41) is 2.23. The number of hydrogen-bond donors (Lipinski definition) is 0. The molecule has 0 N–H and O–H groups in total. The van der Waals surface area contributed by atoms with Gasteiger partial charge in [0.15, 0.2) is 23.0 Å². The minimum absolute atomic E-state index is 0.0439. The zero-order chi connectivity index (χ0) is 40.8. The predicted octanol–water partition coefficient (Wildman–Crippen LogP) is 14.7. The first-order valence-corrected chi connectivity index (χ1v) is 20.6. The molecule has 0 saturated carbocycles. The van der Waals surface area contributed by atoms with E-state index in [9.17, 15) is 8.78 Å². The highest BCUT2D eigenvalue weighted by molar-refractivity contribution is 6.12. The standard InChI is InChI=1S/C53H38F2N4O2/c1-53(54,55)36-11-10-12-38(29-36)56-32-35(33-56)34-21-23-37(24-22-34)57-43-27-25-39(58-45-13-2-6-17-49(45)60-50-18-7-3-14-46(50)58)30-41(43)42-31-40(26-28-44(42)57)59-47-15-4-8-19-51(47)61-52-20-9-5-16-48(52)59/h2-31,35H,32-33H2,1H3. The highest BCUT2D eigenvalue weighted by Crippen LogP contribution is 2.53. The van der Waals surface area contributed by atoms with Crippen molar-refractivity contribution in [1.29, 1.82) is 0 Å². The topological polar surface area (TPSA) is 33.1 Å². The van der Waals surface area contributed by atoms with Gasteiger partial charge in [-0.15, -0.1) is 0 Å². The van der Waals surface area contributed by atoms with Crippen LogP contribution in [-0.4, -0.2) is 17.7 Å². The van der Waals surface area contributed by atoms with Crippen molar-refractivity contribution in [2.45, 2.75) is 18.8 Å². The van der Waals surface area contributed by atoms with Crippen LogP contribution in [0.4, 0.5) is 48.6 Å². The summed E-state index contributed by atoms with van der Waals surface area (Å²) in [6, 6.07) is 61.8. The fourth-order valence-corrected chi connectivity index (χ4v) is 9.29. The van der Waals surface area contributed by atoms with Gasteiger partial charge < -0.3 is 28.7 Å². The minimum atomic E-state index is -2.87. The summed E-state index contributed by atoms with van der Waals surface area (Å²) in [7, 11) is 0. The Morgan fingerprint density at radius 2 is 0.902 bits per heavy atom. The van der Waals surface area contributed by atoms with Crippen LogP contribution >= 0.6 is 0 Å². The van der Waals surface area contributed by atoms with Gasteiger partial charge in [-0.3, -0.25) is 0 Å². The molecule has 1 aromatic heterocycles. The molecule has 0 radical (unpaired) electrons. The molecule has 0 amide bonds. The molecule has 3 aliphatic heterocycles. The maximum atomic E-state index is 14.1. The second kappa shape index (κ2) is 13.5. The number of aromatic nitrogens is 1. The zero-order valence-corrected chi connectivity index (χ0v) is 33.2. The van der Waals surface area contributed by atoms with Crippen LogP contribution in [-0.2, 0) is 5.92 Å². The number of anilines is 7. The third-order valence-corrected chi connectivity index (χ3v) is 12.3. The van der Waals surface area contributed by atoms with Gasteiger partial charge in [0.2, 0.25) is 0 Å². The SMILES string of the molecule is CC(F)(F)c1cccc(N2CC(c3ccc(-n4c5ccc(N6c7ccccc7Oc7ccccc76)cc5c5cc(N6c7ccccc7Oc7ccccc76)ccc54)cc3)C2)c1. The van der Waals surface area contributed by atoms with E-state index < -0.39 is 5.92 Å². The quantitative estimate of drug-likeness (QED) is 0.167. The summed E-state index contributed by atoms with van der Waals surface area (Å²) in [5.74, 6) is 0.664. The molecule has 0 aliphatic carbocycles. The lowest BCUT2D eigenvalue weighted by atomic mass is 9.90. The Hall–Kier alpha value is -7.58. The lowest BCUT2D eigenvalue weighted by Crippen LogP contribution is -2.45. The van der Waals surface area contributed by atoms with Gasteiger partial charge in [0.25, 0.3) is 5.92 Å². The summed E-state index contributed by atoms with van der Waals surface area (Å²) >= 11 is 0. The Bertz CT molecular complexity index is 2940. The molecule has 9 aromatic rings. The molecule has 8 aromatic carbocycles. The third-order valence-electron chi connectivity index (χ3n) is 12.3. The molecule has 0 atom stereocenters. The molecule has 3 aliphatic rings. The van der Waals surface area contributed by atoms with E-state index in [1.54, 1.807) is 12.1 Å². The number of halogens is 2. The van der Waals surface area contributed by atoms with Crippen molar-refractivity contribution >= 4 is 61.6 Å². The maximum Gasteiger partial charge on any atom is 0.270 e. The van der Waals surface area contributed by atoms with Crippen LogP contribution in [0.5, 0.6) is 23.0 Å². The van der Waals surface area contributed by atoms with Crippen molar-refractivity contribution in [3.63, 3.8) is 0 Å². The van der Waals surface area contributed by atoms with Gasteiger partial charge in [-0.05, 0) is 115 Å². The average molecular weight is 801 g/mol.